The number of hydrogen-bond donors (Lipinski definition) is 0. The standard InChI is InChI=1S/C18H16N2O3S3/c1-2-23-17(22)11-5-7-12(8-6-11)19-15(21)13-10-26-16(20(13)18(19)24)14-4-3-9-25-14/h3-9,13,16H,2,10H2,1H3. The molecular weight excluding hydrogens is 388 g/mol. The zero-order valence-corrected chi connectivity index (χ0v) is 16.4. The number of esters is 1. The zero-order chi connectivity index (χ0) is 18.3. The van der Waals surface area contributed by atoms with Crippen LogP contribution >= 0.6 is 35.3 Å². The molecule has 26 heavy (non-hydrogen) atoms. The highest BCUT2D eigenvalue weighted by Gasteiger charge is 2.51. The maximum absolute atomic E-state index is 12.9. The maximum atomic E-state index is 12.9. The van der Waals surface area contributed by atoms with Crippen molar-refractivity contribution in [3.05, 3.63) is 52.2 Å². The lowest BCUT2D eigenvalue weighted by atomic mass is 10.2. The van der Waals surface area contributed by atoms with Crippen molar-refractivity contribution in [3.8, 4) is 0 Å². The Labute approximate surface area is 164 Å². The third-order valence-electron chi connectivity index (χ3n) is 4.34. The van der Waals surface area contributed by atoms with Gasteiger partial charge in [0.2, 0.25) is 0 Å². The second-order valence-electron chi connectivity index (χ2n) is 5.85. The van der Waals surface area contributed by atoms with Crippen LogP contribution in [0.5, 0.6) is 0 Å². The van der Waals surface area contributed by atoms with E-state index in [1.165, 1.54) is 4.88 Å². The van der Waals surface area contributed by atoms with Crippen LogP contribution < -0.4 is 4.90 Å². The molecule has 4 rings (SSSR count). The molecule has 0 saturated carbocycles. The number of carbonyl (C=O) groups is 2. The van der Waals surface area contributed by atoms with Gasteiger partial charge in [0.25, 0.3) is 5.91 Å². The van der Waals surface area contributed by atoms with E-state index < -0.39 is 0 Å². The average Bonchev–Trinajstić information content (AvgIpc) is 3.35. The first-order chi connectivity index (χ1) is 12.6. The van der Waals surface area contributed by atoms with Gasteiger partial charge in [-0.1, -0.05) is 6.07 Å². The lowest BCUT2D eigenvalue weighted by molar-refractivity contribution is -0.119. The van der Waals surface area contributed by atoms with E-state index in [0.29, 0.717) is 23.0 Å². The summed E-state index contributed by atoms with van der Waals surface area (Å²) in [6, 6.07) is 10.7. The molecule has 1 amide bonds. The van der Waals surface area contributed by atoms with Crippen molar-refractivity contribution in [2.45, 2.75) is 18.3 Å². The summed E-state index contributed by atoms with van der Waals surface area (Å²) >= 11 is 9.07. The zero-order valence-electron chi connectivity index (χ0n) is 14.0. The molecule has 2 aromatic rings. The SMILES string of the molecule is CCOC(=O)c1ccc(N2C(=O)C3CSC(c4cccs4)N3C2=S)cc1. The number of ether oxygens (including phenoxy) is 1. The maximum Gasteiger partial charge on any atom is 0.338 e. The Morgan fingerprint density at radius 2 is 2.08 bits per heavy atom. The normalized spacial score (nSPS) is 22.0. The molecule has 0 bridgehead atoms. The number of thiophene rings is 1. The van der Waals surface area contributed by atoms with Crippen molar-refractivity contribution in [3.63, 3.8) is 0 Å². The van der Waals surface area contributed by atoms with Crippen molar-refractivity contribution in [2.75, 3.05) is 17.3 Å². The minimum Gasteiger partial charge on any atom is -0.462 e. The van der Waals surface area contributed by atoms with Gasteiger partial charge in [-0.25, -0.2) is 4.79 Å². The minimum atomic E-state index is -0.371. The molecule has 2 aliphatic rings. The quantitative estimate of drug-likeness (QED) is 0.572. The van der Waals surface area contributed by atoms with Crippen LogP contribution in [-0.4, -0.2) is 40.3 Å². The number of hydrogen-bond acceptors (Lipinski definition) is 6. The van der Waals surface area contributed by atoms with Gasteiger partial charge in [0.05, 0.1) is 17.9 Å². The van der Waals surface area contributed by atoms with Gasteiger partial charge >= 0.3 is 5.97 Å². The molecule has 2 unspecified atom stereocenters. The number of fused-ring (bicyclic) bond motifs is 1. The van der Waals surface area contributed by atoms with Gasteiger partial charge in [-0.15, -0.1) is 23.1 Å². The summed E-state index contributed by atoms with van der Waals surface area (Å²) in [5.41, 5.74) is 1.14. The first-order valence-corrected chi connectivity index (χ1v) is 10.5. The largest absolute Gasteiger partial charge is 0.462 e. The van der Waals surface area contributed by atoms with Crippen LogP contribution in [0, 0.1) is 0 Å². The molecule has 2 fully saturated rings. The average molecular weight is 405 g/mol. The van der Waals surface area contributed by atoms with E-state index >= 15 is 0 Å². The highest BCUT2D eigenvalue weighted by Crippen LogP contribution is 2.47. The molecule has 134 valence electrons. The summed E-state index contributed by atoms with van der Waals surface area (Å²) in [5, 5.41) is 2.64. The molecule has 0 N–H and O–H groups in total. The molecule has 2 aliphatic heterocycles. The van der Waals surface area contributed by atoms with E-state index in [2.05, 4.69) is 6.07 Å². The molecule has 0 aliphatic carbocycles. The topological polar surface area (TPSA) is 49.9 Å². The molecule has 1 aromatic carbocycles. The highest BCUT2D eigenvalue weighted by atomic mass is 32.2. The molecular formula is C18H16N2O3S3. The summed E-state index contributed by atoms with van der Waals surface area (Å²) in [6.45, 7) is 2.09. The number of amides is 1. The van der Waals surface area contributed by atoms with Crippen molar-refractivity contribution in [2.24, 2.45) is 0 Å². The van der Waals surface area contributed by atoms with Crippen LogP contribution in [-0.2, 0) is 9.53 Å². The van der Waals surface area contributed by atoms with Crippen LogP contribution in [0.1, 0.15) is 27.5 Å². The number of thioether (sulfide) groups is 1. The molecule has 2 saturated heterocycles. The Bertz CT molecular complexity index is 851. The molecule has 5 nitrogen and oxygen atoms in total. The first kappa shape index (κ1) is 17.5. The smallest absolute Gasteiger partial charge is 0.338 e. The second-order valence-corrected chi connectivity index (χ2v) is 8.31. The summed E-state index contributed by atoms with van der Waals surface area (Å²) in [4.78, 5) is 29.5. The minimum absolute atomic E-state index is 0.00885. The van der Waals surface area contributed by atoms with Crippen molar-refractivity contribution >= 4 is 58.0 Å². The molecule has 3 heterocycles. The van der Waals surface area contributed by atoms with Crippen LogP contribution in [0.2, 0.25) is 0 Å². The van der Waals surface area contributed by atoms with Gasteiger partial charge in [-0.3, -0.25) is 9.69 Å². The summed E-state index contributed by atoms with van der Waals surface area (Å²) < 4.78 is 5.00. The lowest BCUT2D eigenvalue weighted by Gasteiger charge is -2.24. The highest BCUT2D eigenvalue weighted by molar-refractivity contribution is 8.00. The fraction of sp³-hybridized carbons (Fsp3) is 0.278. The van der Waals surface area contributed by atoms with Crippen LogP contribution in [0.25, 0.3) is 0 Å². The Kier molecular flexibility index (Phi) is 4.73. The van der Waals surface area contributed by atoms with E-state index in [-0.39, 0.29) is 23.3 Å². The third-order valence-corrected chi connectivity index (χ3v) is 7.11. The monoisotopic (exact) mass is 404 g/mol. The molecule has 2 atom stereocenters. The third kappa shape index (κ3) is 2.82. The number of anilines is 1. The molecule has 0 radical (unpaired) electrons. The van der Waals surface area contributed by atoms with Crippen LogP contribution in [0.15, 0.2) is 41.8 Å². The summed E-state index contributed by atoms with van der Waals surface area (Å²) in [5.74, 6) is 0.341. The number of benzene rings is 1. The van der Waals surface area contributed by atoms with Crippen molar-refractivity contribution in [1.29, 1.82) is 0 Å². The van der Waals surface area contributed by atoms with Gasteiger partial charge in [0, 0.05) is 10.6 Å². The van der Waals surface area contributed by atoms with Crippen molar-refractivity contribution < 1.29 is 14.3 Å². The molecule has 1 aromatic heterocycles. The van der Waals surface area contributed by atoms with Crippen LogP contribution in [0.3, 0.4) is 0 Å². The Morgan fingerprint density at radius 1 is 1.31 bits per heavy atom. The van der Waals surface area contributed by atoms with E-state index in [1.807, 2.05) is 16.3 Å². The van der Waals surface area contributed by atoms with Crippen molar-refractivity contribution in [1.82, 2.24) is 4.90 Å². The van der Waals surface area contributed by atoms with E-state index in [0.717, 1.165) is 5.75 Å². The van der Waals surface area contributed by atoms with Crippen LogP contribution in [0.4, 0.5) is 5.69 Å². The Balaban J connectivity index is 1.59. The predicted molar refractivity (Wildman–Crippen MR) is 108 cm³/mol. The number of carbonyl (C=O) groups excluding carboxylic acids is 2. The van der Waals surface area contributed by atoms with Gasteiger partial charge < -0.3 is 9.64 Å². The van der Waals surface area contributed by atoms with Gasteiger partial charge in [0.15, 0.2) is 5.11 Å². The fourth-order valence-corrected chi connectivity index (χ4v) is 6.02. The first-order valence-electron chi connectivity index (χ1n) is 8.20. The van der Waals surface area contributed by atoms with Gasteiger partial charge in [-0.2, -0.15) is 0 Å². The van der Waals surface area contributed by atoms with E-state index in [4.69, 9.17) is 17.0 Å². The number of rotatable bonds is 4. The predicted octanol–water partition coefficient (Wildman–Crippen LogP) is 3.67. The summed E-state index contributed by atoms with van der Waals surface area (Å²) in [6.07, 6.45) is 0. The molecule has 8 heteroatoms. The molecule has 0 spiro atoms. The Hall–Kier alpha value is -1.90. The number of thiocarbonyl (C=S) groups is 1. The summed E-state index contributed by atoms with van der Waals surface area (Å²) in [7, 11) is 0. The van der Waals surface area contributed by atoms with E-state index in [9.17, 15) is 9.59 Å². The number of nitrogens with zero attached hydrogens (tertiary/aromatic N) is 2. The van der Waals surface area contributed by atoms with Gasteiger partial charge in [-0.05, 0) is 54.9 Å². The van der Waals surface area contributed by atoms with E-state index in [1.54, 1.807) is 59.2 Å². The fourth-order valence-electron chi connectivity index (χ4n) is 3.14. The second kappa shape index (κ2) is 7.02. The van der Waals surface area contributed by atoms with Gasteiger partial charge in [0.1, 0.15) is 11.4 Å². The lowest BCUT2D eigenvalue weighted by Crippen LogP contribution is -2.33. The Morgan fingerprint density at radius 3 is 2.73 bits per heavy atom.